The molecule has 188 valence electrons. The fourth-order valence-corrected chi connectivity index (χ4v) is 6.37. The minimum absolute atomic E-state index is 0.129. The highest BCUT2D eigenvalue weighted by Gasteiger charge is 2.22. The lowest BCUT2D eigenvalue weighted by molar-refractivity contribution is 0.0957. The van der Waals surface area contributed by atoms with Crippen LogP contribution in [0.5, 0.6) is 0 Å². The molecule has 1 aromatic carbocycles. The largest absolute Gasteiger partial charge is 0.376 e. The van der Waals surface area contributed by atoms with E-state index in [4.69, 9.17) is 4.74 Å². The van der Waals surface area contributed by atoms with Gasteiger partial charge in [-0.05, 0) is 56.2 Å². The topological polar surface area (TPSA) is 61.9 Å². The van der Waals surface area contributed by atoms with E-state index in [2.05, 4.69) is 68.0 Å². The first kappa shape index (κ1) is 25.0. The molecule has 1 unspecified atom stereocenters. The molecular formula is C28H32N4O2S2. The second-order valence-corrected chi connectivity index (χ2v) is 11.3. The molecule has 5 rings (SSSR count). The number of thiophene rings is 1. The molecule has 1 aliphatic rings. The van der Waals surface area contributed by atoms with Crippen LogP contribution in [0.2, 0.25) is 0 Å². The number of carbonyl (C=O) groups is 1. The highest BCUT2D eigenvalue weighted by molar-refractivity contribution is 7.99. The Hall–Kier alpha value is -2.68. The number of rotatable bonds is 11. The number of aromatic nitrogens is 4. The van der Waals surface area contributed by atoms with Gasteiger partial charge in [0.15, 0.2) is 10.9 Å². The van der Waals surface area contributed by atoms with Crippen molar-refractivity contribution in [2.45, 2.75) is 63.9 Å². The van der Waals surface area contributed by atoms with Crippen molar-refractivity contribution in [3.63, 3.8) is 0 Å². The van der Waals surface area contributed by atoms with Gasteiger partial charge in [-0.25, -0.2) is 0 Å². The van der Waals surface area contributed by atoms with Crippen LogP contribution in [0, 0.1) is 13.8 Å². The van der Waals surface area contributed by atoms with Crippen LogP contribution in [-0.4, -0.2) is 43.6 Å². The van der Waals surface area contributed by atoms with Crippen molar-refractivity contribution in [1.29, 1.82) is 0 Å². The second-order valence-electron chi connectivity index (χ2n) is 9.28. The van der Waals surface area contributed by atoms with Gasteiger partial charge in [0.1, 0.15) is 5.82 Å². The van der Waals surface area contributed by atoms with Crippen molar-refractivity contribution < 1.29 is 9.53 Å². The van der Waals surface area contributed by atoms with E-state index in [0.717, 1.165) is 73.3 Å². The molecule has 0 saturated carbocycles. The SMILES string of the molecule is Cc1cc(C(=O)CSc2nnc(Cc3cccs3)n2CCc2ccccc2)c(C)n1CC1CCCO1. The van der Waals surface area contributed by atoms with Crippen LogP contribution in [0.1, 0.15) is 50.9 Å². The summed E-state index contributed by atoms with van der Waals surface area (Å²) in [5.74, 6) is 1.41. The molecule has 1 fully saturated rings. The smallest absolute Gasteiger partial charge is 0.191 e. The zero-order valence-electron chi connectivity index (χ0n) is 20.9. The zero-order valence-corrected chi connectivity index (χ0v) is 22.5. The molecule has 4 heterocycles. The maximum absolute atomic E-state index is 13.3. The lowest BCUT2D eigenvalue weighted by atomic mass is 10.1. The van der Waals surface area contributed by atoms with E-state index in [1.807, 2.05) is 19.1 Å². The molecule has 6 nitrogen and oxygen atoms in total. The first-order valence-corrected chi connectivity index (χ1v) is 14.4. The summed E-state index contributed by atoms with van der Waals surface area (Å²) in [5.41, 5.74) is 4.21. The number of hydrogen-bond donors (Lipinski definition) is 0. The van der Waals surface area contributed by atoms with Gasteiger partial charge in [0, 0.05) is 47.9 Å². The lowest BCUT2D eigenvalue weighted by Crippen LogP contribution is -2.17. The van der Waals surface area contributed by atoms with Gasteiger partial charge in [-0.2, -0.15) is 0 Å². The van der Waals surface area contributed by atoms with E-state index < -0.39 is 0 Å². The Bertz CT molecular complexity index is 1290. The number of carbonyl (C=O) groups excluding carboxylic acids is 1. The summed E-state index contributed by atoms with van der Waals surface area (Å²) < 4.78 is 10.2. The summed E-state index contributed by atoms with van der Waals surface area (Å²) in [5, 5.41) is 11.9. The van der Waals surface area contributed by atoms with Crippen molar-refractivity contribution in [2.24, 2.45) is 0 Å². The lowest BCUT2D eigenvalue weighted by Gasteiger charge is -2.14. The van der Waals surface area contributed by atoms with E-state index in [-0.39, 0.29) is 11.9 Å². The van der Waals surface area contributed by atoms with E-state index in [0.29, 0.717) is 5.75 Å². The molecule has 0 spiro atoms. The predicted molar refractivity (Wildman–Crippen MR) is 145 cm³/mol. The maximum atomic E-state index is 13.3. The summed E-state index contributed by atoms with van der Waals surface area (Å²) in [6, 6.07) is 16.7. The molecule has 1 saturated heterocycles. The summed E-state index contributed by atoms with van der Waals surface area (Å²) >= 11 is 3.21. The van der Waals surface area contributed by atoms with Crippen molar-refractivity contribution in [3.05, 3.63) is 87.1 Å². The highest BCUT2D eigenvalue weighted by Crippen LogP contribution is 2.25. The molecule has 0 aliphatic carbocycles. The standard InChI is InChI=1S/C28H32N4O2S2/c1-20-16-25(21(2)32(20)18-23-10-6-14-34-23)26(33)19-36-28-30-29-27(17-24-11-7-15-35-24)31(28)13-12-22-8-4-3-5-9-22/h3-5,7-9,11,15-16,23H,6,10,12-14,17-19H2,1-2H3. The monoisotopic (exact) mass is 520 g/mol. The molecule has 8 heteroatoms. The summed E-state index contributed by atoms with van der Waals surface area (Å²) in [6.45, 7) is 6.55. The van der Waals surface area contributed by atoms with Gasteiger partial charge in [0.05, 0.1) is 11.9 Å². The van der Waals surface area contributed by atoms with Crippen LogP contribution in [0.15, 0.2) is 59.1 Å². The summed E-state index contributed by atoms with van der Waals surface area (Å²) in [6.07, 6.45) is 4.09. The average Bonchev–Trinajstić information content (AvgIpc) is 3.69. The van der Waals surface area contributed by atoms with Crippen molar-refractivity contribution in [2.75, 3.05) is 12.4 Å². The normalized spacial score (nSPS) is 15.6. The third-order valence-electron chi connectivity index (χ3n) is 6.79. The Morgan fingerprint density at radius 2 is 2.00 bits per heavy atom. The number of aryl methyl sites for hydroxylation is 2. The molecule has 3 aromatic heterocycles. The third kappa shape index (κ3) is 5.82. The highest BCUT2D eigenvalue weighted by atomic mass is 32.2. The molecule has 1 atom stereocenters. The maximum Gasteiger partial charge on any atom is 0.191 e. The van der Waals surface area contributed by atoms with E-state index in [1.165, 1.54) is 22.2 Å². The number of nitrogens with zero attached hydrogens (tertiary/aromatic N) is 4. The van der Waals surface area contributed by atoms with Gasteiger partial charge in [-0.3, -0.25) is 4.79 Å². The Balaban J connectivity index is 1.30. The van der Waals surface area contributed by atoms with Crippen LogP contribution in [0.4, 0.5) is 0 Å². The molecule has 0 N–H and O–H groups in total. The van der Waals surface area contributed by atoms with Gasteiger partial charge in [0.25, 0.3) is 0 Å². The quantitative estimate of drug-likeness (QED) is 0.186. The Kier molecular flexibility index (Phi) is 8.04. The minimum atomic E-state index is 0.129. The van der Waals surface area contributed by atoms with Gasteiger partial charge < -0.3 is 13.9 Å². The zero-order chi connectivity index (χ0) is 24.9. The molecule has 36 heavy (non-hydrogen) atoms. The van der Waals surface area contributed by atoms with Gasteiger partial charge in [-0.15, -0.1) is 21.5 Å². The summed E-state index contributed by atoms with van der Waals surface area (Å²) in [4.78, 5) is 14.5. The Morgan fingerprint density at radius 3 is 2.75 bits per heavy atom. The fourth-order valence-electron chi connectivity index (χ4n) is 4.80. The number of Topliss-reactive ketones (excluding diaryl/α,β-unsaturated/α-hetero) is 1. The number of ketones is 1. The number of benzene rings is 1. The number of hydrogen-bond acceptors (Lipinski definition) is 6. The first-order chi connectivity index (χ1) is 17.6. The van der Waals surface area contributed by atoms with Gasteiger partial charge in [0.2, 0.25) is 0 Å². The second kappa shape index (κ2) is 11.6. The average molecular weight is 521 g/mol. The van der Waals surface area contributed by atoms with Crippen LogP contribution in [0.3, 0.4) is 0 Å². The first-order valence-electron chi connectivity index (χ1n) is 12.5. The third-order valence-corrected chi connectivity index (χ3v) is 8.63. The predicted octanol–water partition coefficient (Wildman–Crippen LogP) is 5.75. The van der Waals surface area contributed by atoms with Gasteiger partial charge in [-0.1, -0.05) is 48.2 Å². The van der Waals surface area contributed by atoms with Crippen LogP contribution in [-0.2, 0) is 30.7 Å². The van der Waals surface area contributed by atoms with E-state index in [1.54, 1.807) is 11.3 Å². The van der Waals surface area contributed by atoms with Crippen LogP contribution < -0.4 is 0 Å². The number of ether oxygens (including phenoxy) is 1. The molecule has 0 radical (unpaired) electrons. The fraction of sp³-hybridized carbons (Fsp3) is 0.393. The molecule has 1 aliphatic heterocycles. The van der Waals surface area contributed by atoms with E-state index in [9.17, 15) is 4.79 Å². The molecular weight excluding hydrogens is 488 g/mol. The van der Waals surface area contributed by atoms with Crippen molar-refractivity contribution in [3.8, 4) is 0 Å². The van der Waals surface area contributed by atoms with Crippen molar-refractivity contribution >= 4 is 28.9 Å². The summed E-state index contributed by atoms with van der Waals surface area (Å²) in [7, 11) is 0. The number of thioether (sulfide) groups is 1. The molecule has 0 bridgehead atoms. The Labute approximate surface area is 220 Å². The van der Waals surface area contributed by atoms with Crippen LogP contribution >= 0.6 is 23.1 Å². The molecule has 4 aromatic rings. The van der Waals surface area contributed by atoms with Gasteiger partial charge >= 0.3 is 0 Å². The van der Waals surface area contributed by atoms with E-state index >= 15 is 0 Å². The molecule has 0 amide bonds. The van der Waals surface area contributed by atoms with Crippen molar-refractivity contribution in [1.82, 2.24) is 19.3 Å². The Morgan fingerprint density at radius 1 is 1.14 bits per heavy atom. The van der Waals surface area contributed by atoms with Crippen LogP contribution in [0.25, 0.3) is 0 Å². The minimum Gasteiger partial charge on any atom is -0.376 e.